The Balaban J connectivity index is 1.79. The molecule has 0 bridgehead atoms. The average molecular weight is 761 g/mol. The van der Waals surface area contributed by atoms with Crippen LogP contribution in [-0.4, -0.2) is 43.6 Å². The van der Waals surface area contributed by atoms with Crippen molar-refractivity contribution in [2.75, 3.05) is 11.5 Å². The second-order valence-corrected chi connectivity index (χ2v) is 18.9. The fourth-order valence-electron chi connectivity index (χ4n) is 5.16. The predicted molar refractivity (Wildman–Crippen MR) is 181 cm³/mol. The Kier molecular flexibility index (Phi) is 12.1. The van der Waals surface area contributed by atoms with Crippen LogP contribution >= 0.6 is 27.0 Å². The molecule has 0 saturated heterocycles. The standard InChI is InChI=1S/C33H34F4O8P2S2/c34-32(35,46(38,39)40)29-15-11-27(12-16-29)23-31(48-21-19-25-7-3-1-4-8-25,49(44,45)22-20-26-9-5-2-6-10-26)24-28-13-17-30(18-14-28)33(36,37)47(41,42)43/h1-18H,19-24H2,(H2,38,39,40)(H2,41,42,43). The van der Waals surface area contributed by atoms with Crippen molar-refractivity contribution in [3.8, 4) is 0 Å². The highest BCUT2D eigenvalue weighted by atomic mass is 32.3. The second kappa shape index (κ2) is 15.2. The van der Waals surface area contributed by atoms with Crippen LogP contribution in [0, 0.1) is 0 Å². The van der Waals surface area contributed by atoms with E-state index in [9.17, 15) is 54.7 Å². The summed E-state index contributed by atoms with van der Waals surface area (Å²) in [5.41, 5.74) is -8.71. The Morgan fingerprint density at radius 2 is 0.918 bits per heavy atom. The summed E-state index contributed by atoms with van der Waals surface area (Å²) in [6, 6.07) is 26.0. The van der Waals surface area contributed by atoms with Crippen molar-refractivity contribution in [3.63, 3.8) is 0 Å². The number of benzene rings is 4. The summed E-state index contributed by atoms with van der Waals surface area (Å²) in [6.07, 6.45) is 0.0604. The third-order valence-corrected chi connectivity index (χ3v) is 14.4. The first-order valence-electron chi connectivity index (χ1n) is 14.8. The quantitative estimate of drug-likeness (QED) is 0.0684. The van der Waals surface area contributed by atoms with Gasteiger partial charge in [0.25, 0.3) is 0 Å². The molecule has 0 aliphatic rings. The molecule has 0 heterocycles. The van der Waals surface area contributed by atoms with Gasteiger partial charge in [0, 0.05) is 24.0 Å². The smallest absolute Gasteiger partial charge is 0.320 e. The Labute approximate surface area is 285 Å². The van der Waals surface area contributed by atoms with Gasteiger partial charge in [-0.15, -0.1) is 11.8 Å². The lowest BCUT2D eigenvalue weighted by atomic mass is 10.0. The summed E-state index contributed by atoms with van der Waals surface area (Å²) >= 11 is 1.09. The van der Waals surface area contributed by atoms with Crippen LogP contribution in [0.1, 0.15) is 33.4 Å². The zero-order valence-electron chi connectivity index (χ0n) is 25.8. The highest BCUT2D eigenvalue weighted by molar-refractivity contribution is 8.14. The van der Waals surface area contributed by atoms with Gasteiger partial charge in [0.05, 0.1) is 5.75 Å². The number of alkyl halides is 4. The minimum atomic E-state index is -5.86. The molecule has 0 saturated carbocycles. The Morgan fingerprint density at radius 1 is 0.551 bits per heavy atom. The number of sulfone groups is 1. The summed E-state index contributed by atoms with van der Waals surface area (Å²) < 4.78 is 108. The number of halogens is 4. The second-order valence-electron chi connectivity index (χ2n) is 11.5. The van der Waals surface area contributed by atoms with E-state index in [2.05, 4.69) is 0 Å². The highest BCUT2D eigenvalue weighted by Gasteiger charge is 2.51. The van der Waals surface area contributed by atoms with E-state index in [4.69, 9.17) is 0 Å². The molecule has 4 aromatic rings. The van der Waals surface area contributed by atoms with Crippen LogP contribution in [0.5, 0.6) is 0 Å². The molecule has 0 unspecified atom stereocenters. The van der Waals surface area contributed by atoms with Gasteiger partial charge in [-0.3, -0.25) is 9.13 Å². The van der Waals surface area contributed by atoms with Crippen LogP contribution < -0.4 is 0 Å². The third-order valence-electron chi connectivity index (χ3n) is 7.95. The van der Waals surface area contributed by atoms with Gasteiger partial charge in [-0.25, -0.2) is 8.42 Å². The van der Waals surface area contributed by atoms with Crippen molar-refractivity contribution >= 4 is 36.8 Å². The van der Waals surface area contributed by atoms with Gasteiger partial charge in [0.15, 0.2) is 9.84 Å². The van der Waals surface area contributed by atoms with Gasteiger partial charge in [0.1, 0.15) is 4.08 Å². The Morgan fingerprint density at radius 3 is 1.29 bits per heavy atom. The monoisotopic (exact) mass is 760 g/mol. The fourth-order valence-corrected chi connectivity index (χ4v) is 10.2. The van der Waals surface area contributed by atoms with Crippen LogP contribution in [0.2, 0.25) is 0 Å². The van der Waals surface area contributed by atoms with Crippen molar-refractivity contribution in [1.29, 1.82) is 0 Å². The molecule has 0 amide bonds. The van der Waals surface area contributed by atoms with Crippen molar-refractivity contribution in [2.45, 2.75) is 41.1 Å². The SMILES string of the molecule is O=P(O)(O)C(F)(F)c1ccc(CC(Cc2ccc(C(F)(F)P(=O)(O)O)cc2)(SCCc2ccccc2)S(=O)(=O)CCc2ccccc2)cc1. The molecule has 8 nitrogen and oxygen atoms in total. The maximum Gasteiger partial charge on any atom is 0.399 e. The lowest BCUT2D eigenvalue weighted by Gasteiger charge is -2.34. The molecule has 0 aliphatic heterocycles. The summed E-state index contributed by atoms with van der Waals surface area (Å²) in [4.78, 5) is 36.7. The van der Waals surface area contributed by atoms with Gasteiger partial charge < -0.3 is 19.6 Å². The molecule has 0 spiro atoms. The molecule has 49 heavy (non-hydrogen) atoms. The molecule has 0 aliphatic carbocycles. The first kappa shape index (κ1) is 39.0. The van der Waals surface area contributed by atoms with Crippen LogP contribution in [0.15, 0.2) is 109 Å². The maximum atomic E-state index is 14.5. The van der Waals surface area contributed by atoms with E-state index in [1.165, 1.54) is 24.3 Å². The average Bonchev–Trinajstić information content (AvgIpc) is 3.04. The van der Waals surface area contributed by atoms with Crippen LogP contribution in [-0.2, 0) is 56.0 Å². The van der Waals surface area contributed by atoms with E-state index >= 15 is 0 Å². The van der Waals surface area contributed by atoms with E-state index < -0.39 is 51.6 Å². The minimum Gasteiger partial charge on any atom is -0.320 e. The topological polar surface area (TPSA) is 149 Å². The molecular weight excluding hydrogens is 726 g/mol. The van der Waals surface area contributed by atoms with Crippen LogP contribution in [0.3, 0.4) is 0 Å². The van der Waals surface area contributed by atoms with Crippen molar-refractivity contribution < 1.29 is 54.7 Å². The molecular formula is C33H34F4O8P2S2. The fraction of sp³-hybridized carbons (Fsp3) is 0.273. The molecule has 0 aromatic heterocycles. The van der Waals surface area contributed by atoms with Gasteiger partial charge >= 0.3 is 26.5 Å². The number of aryl methyl sites for hydroxylation is 2. The zero-order valence-corrected chi connectivity index (χ0v) is 29.2. The summed E-state index contributed by atoms with van der Waals surface area (Å²) in [5, 5.41) is 0. The summed E-state index contributed by atoms with van der Waals surface area (Å²) in [6.45, 7) is 0. The minimum absolute atomic E-state index is 0.130. The largest absolute Gasteiger partial charge is 0.399 e. The summed E-state index contributed by atoms with van der Waals surface area (Å²) in [7, 11) is -15.9. The molecule has 16 heteroatoms. The van der Waals surface area contributed by atoms with E-state index in [1.807, 2.05) is 30.3 Å². The van der Waals surface area contributed by atoms with E-state index in [0.717, 1.165) is 47.2 Å². The third kappa shape index (κ3) is 9.31. The highest BCUT2D eigenvalue weighted by Crippen LogP contribution is 2.60. The van der Waals surface area contributed by atoms with Gasteiger partial charge in [-0.1, -0.05) is 109 Å². The molecule has 4 rings (SSSR count). The van der Waals surface area contributed by atoms with E-state index in [0.29, 0.717) is 6.42 Å². The number of thioether (sulfide) groups is 1. The van der Waals surface area contributed by atoms with Crippen LogP contribution in [0.4, 0.5) is 17.6 Å². The Bertz CT molecular complexity index is 1820. The molecule has 0 fully saturated rings. The zero-order chi connectivity index (χ0) is 36.1. The van der Waals surface area contributed by atoms with Gasteiger partial charge in [0.2, 0.25) is 0 Å². The molecule has 4 aromatic carbocycles. The van der Waals surface area contributed by atoms with E-state index in [1.54, 1.807) is 30.3 Å². The van der Waals surface area contributed by atoms with Crippen molar-refractivity contribution in [1.82, 2.24) is 0 Å². The van der Waals surface area contributed by atoms with Crippen LogP contribution in [0.25, 0.3) is 0 Å². The number of rotatable bonds is 16. The lowest BCUT2D eigenvalue weighted by molar-refractivity contribution is 0.0564. The van der Waals surface area contributed by atoms with Crippen molar-refractivity contribution in [2.24, 2.45) is 0 Å². The Hall–Kier alpha value is -2.80. The molecule has 0 radical (unpaired) electrons. The molecule has 264 valence electrons. The normalized spacial score (nSPS) is 13.4. The first-order chi connectivity index (χ1) is 22.8. The predicted octanol–water partition coefficient (Wildman–Crippen LogP) is 7.26. The van der Waals surface area contributed by atoms with Crippen molar-refractivity contribution in [3.05, 3.63) is 143 Å². The maximum absolute atomic E-state index is 14.5. The molecule has 4 N–H and O–H groups in total. The molecule has 0 atom stereocenters. The summed E-state index contributed by atoms with van der Waals surface area (Å²) in [5.74, 6) is -0.0601. The lowest BCUT2D eigenvalue weighted by Crippen LogP contribution is -2.42. The van der Waals surface area contributed by atoms with Gasteiger partial charge in [-0.2, -0.15) is 17.6 Å². The van der Waals surface area contributed by atoms with Gasteiger partial charge in [-0.05, 0) is 40.8 Å². The number of hydrogen-bond acceptors (Lipinski definition) is 5. The van der Waals surface area contributed by atoms with E-state index in [-0.39, 0.29) is 41.9 Å². The first-order valence-corrected chi connectivity index (χ1v) is 20.6. The number of hydrogen-bond donors (Lipinski definition) is 4.